The largest absolute Gasteiger partial charge is 0.435 e. The molecule has 172 valence electrons. The Morgan fingerprint density at radius 3 is 2.16 bits per heavy atom. The summed E-state index contributed by atoms with van der Waals surface area (Å²) in [6.45, 7) is 0.411. The third kappa shape index (κ3) is 4.73. The second-order valence-electron chi connectivity index (χ2n) is 6.64. The minimum Gasteiger partial charge on any atom is -0.309 e. The van der Waals surface area contributed by atoms with E-state index < -0.39 is 59.0 Å². The number of carbonyl (C=O) groups excluding carboxylic acids is 1. The normalized spacial score (nSPS) is 11.8. The Kier molecular flexibility index (Phi) is 6.23. The zero-order valence-electron chi connectivity index (χ0n) is 16.1. The van der Waals surface area contributed by atoms with Crippen LogP contribution in [0.3, 0.4) is 0 Å². The van der Waals surface area contributed by atoms with Crippen LogP contribution in [-0.2, 0) is 24.1 Å². The van der Waals surface area contributed by atoms with E-state index in [1.54, 1.807) is 0 Å². The predicted octanol–water partition coefficient (Wildman–Crippen LogP) is 4.18. The van der Waals surface area contributed by atoms with Crippen molar-refractivity contribution in [2.24, 2.45) is 0 Å². The Bertz CT molecular complexity index is 1140. The highest BCUT2D eigenvalue weighted by Gasteiger charge is 2.34. The molecule has 0 bridgehead atoms. The maximum Gasteiger partial charge on any atom is 0.435 e. The lowest BCUT2D eigenvalue weighted by atomic mass is 10.1. The summed E-state index contributed by atoms with van der Waals surface area (Å²) in [5.41, 5.74) is -2.02. The number of alkyl halides is 3. The fourth-order valence-corrected chi connectivity index (χ4v) is 2.76. The second kappa shape index (κ2) is 8.59. The smallest absolute Gasteiger partial charge is 0.309 e. The molecule has 3 aromatic rings. The van der Waals surface area contributed by atoms with Gasteiger partial charge in [-0.1, -0.05) is 0 Å². The molecule has 2 aromatic heterocycles. The highest BCUT2D eigenvalue weighted by Crippen LogP contribution is 2.28. The van der Waals surface area contributed by atoms with Gasteiger partial charge in [0.25, 0.3) is 0 Å². The summed E-state index contributed by atoms with van der Waals surface area (Å²) in [6.07, 6.45) is -3.77. The van der Waals surface area contributed by atoms with E-state index in [0.717, 1.165) is 21.6 Å². The van der Waals surface area contributed by atoms with Gasteiger partial charge >= 0.3 is 6.18 Å². The number of amides is 1. The van der Waals surface area contributed by atoms with Crippen LogP contribution in [0.2, 0.25) is 0 Å². The minimum absolute atomic E-state index is 0.105. The van der Waals surface area contributed by atoms with E-state index in [4.69, 9.17) is 0 Å². The van der Waals surface area contributed by atoms with Crippen LogP contribution in [0.1, 0.15) is 23.4 Å². The van der Waals surface area contributed by atoms with Gasteiger partial charge in [0.2, 0.25) is 11.7 Å². The van der Waals surface area contributed by atoms with Crippen molar-refractivity contribution >= 4 is 11.7 Å². The Balaban J connectivity index is 1.64. The van der Waals surface area contributed by atoms with Gasteiger partial charge in [-0.15, -0.1) is 0 Å². The molecule has 3 rings (SSSR count). The molecular formula is C18H13F8N5O. The number of anilines is 1. The number of aryl methyl sites for hydroxylation is 2. The summed E-state index contributed by atoms with van der Waals surface area (Å²) >= 11 is 0. The fraction of sp³-hybridized carbons (Fsp3) is 0.278. The van der Waals surface area contributed by atoms with Crippen LogP contribution in [0.4, 0.5) is 40.9 Å². The van der Waals surface area contributed by atoms with Crippen molar-refractivity contribution in [1.82, 2.24) is 19.6 Å². The quantitative estimate of drug-likeness (QED) is 0.336. The molecule has 6 nitrogen and oxygen atoms in total. The number of halogens is 8. The SMILES string of the molecule is Cc1cc(C(F)(F)F)nn1CCC(=O)Nc1ccn(Cc2c(F)c(F)c(F)c(F)c2F)n1. The van der Waals surface area contributed by atoms with Crippen molar-refractivity contribution in [3.05, 3.63) is 64.4 Å². The van der Waals surface area contributed by atoms with E-state index in [1.807, 2.05) is 0 Å². The molecule has 32 heavy (non-hydrogen) atoms. The van der Waals surface area contributed by atoms with Crippen LogP contribution < -0.4 is 5.32 Å². The van der Waals surface area contributed by atoms with E-state index >= 15 is 0 Å². The number of aromatic nitrogens is 4. The number of carbonyl (C=O) groups is 1. The maximum absolute atomic E-state index is 13.8. The Hall–Kier alpha value is -3.45. The van der Waals surface area contributed by atoms with Crippen LogP contribution in [0.25, 0.3) is 0 Å². The molecule has 14 heteroatoms. The lowest BCUT2D eigenvalue weighted by Crippen LogP contribution is -2.17. The number of hydrogen-bond donors (Lipinski definition) is 1. The summed E-state index contributed by atoms with van der Waals surface area (Å²) in [6, 6.07) is 2.03. The van der Waals surface area contributed by atoms with Crippen molar-refractivity contribution < 1.29 is 39.9 Å². The summed E-state index contributed by atoms with van der Waals surface area (Å²) in [7, 11) is 0. The molecule has 0 radical (unpaired) electrons. The van der Waals surface area contributed by atoms with E-state index in [9.17, 15) is 39.9 Å². The van der Waals surface area contributed by atoms with Gasteiger partial charge in [0.15, 0.2) is 34.8 Å². The van der Waals surface area contributed by atoms with E-state index in [2.05, 4.69) is 15.5 Å². The molecule has 1 aromatic carbocycles. The molecule has 0 unspecified atom stereocenters. The first-order valence-corrected chi connectivity index (χ1v) is 8.83. The van der Waals surface area contributed by atoms with Crippen molar-refractivity contribution in [2.45, 2.75) is 32.6 Å². The van der Waals surface area contributed by atoms with E-state index in [-0.39, 0.29) is 24.5 Å². The first-order valence-electron chi connectivity index (χ1n) is 8.83. The highest BCUT2D eigenvalue weighted by atomic mass is 19.4. The van der Waals surface area contributed by atoms with E-state index in [1.165, 1.54) is 13.0 Å². The van der Waals surface area contributed by atoms with Gasteiger partial charge in [-0.3, -0.25) is 14.2 Å². The van der Waals surface area contributed by atoms with Gasteiger partial charge in [0.05, 0.1) is 12.1 Å². The summed E-state index contributed by atoms with van der Waals surface area (Å²) in [5.74, 6) is -11.2. The molecule has 0 atom stereocenters. The molecule has 1 N–H and O–H groups in total. The monoisotopic (exact) mass is 467 g/mol. The first kappa shape index (κ1) is 23.2. The maximum atomic E-state index is 13.8. The van der Waals surface area contributed by atoms with Crippen LogP contribution in [0.15, 0.2) is 18.3 Å². The van der Waals surface area contributed by atoms with Crippen LogP contribution >= 0.6 is 0 Å². The van der Waals surface area contributed by atoms with Crippen molar-refractivity contribution in [2.75, 3.05) is 5.32 Å². The third-order valence-corrected chi connectivity index (χ3v) is 4.35. The molecule has 0 aliphatic carbocycles. The molecule has 0 saturated heterocycles. The Morgan fingerprint density at radius 1 is 1.00 bits per heavy atom. The standard InChI is InChI=1S/C18H13F8N5O/c1-8-6-10(18(24,25)26)28-31(8)5-3-12(32)27-11-2-4-30(29-11)7-9-13(19)15(21)17(23)16(22)14(9)20/h2,4,6H,3,5,7H2,1H3,(H,27,29,32). The third-order valence-electron chi connectivity index (χ3n) is 4.35. The average molecular weight is 467 g/mol. The van der Waals surface area contributed by atoms with Gasteiger partial charge in [-0.25, -0.2) is 22.0 Å². The molecular weight excluding hydrogens is 454 g/mol. The fourth-order valence-electron chi connectivity index (χ4n) is 2.76. The number of benzene rings is 1. The molecule has 0 spiro atoms. The summed E-state index contributed by atoms with van der Waals surface area (Å²) in [5, 5.41) is 9.45. The molecule has 1 amide bonds. The molecule has 0 fully saturated rings. The summed E-state index contributed by atoms with van der Waals surface area (Å²) < 4.78 is 107. The van der Waals surface area contributed by atoms with Crippen LogP contribution in [0, 0.1) is 36.0 Å². The number of nitrogens with one attached hydrogen (secondary N) is 1. The summed E-state index contributed by atoms with van der Waals surface area (Å²) in [4.78, 5) is 12.0. The van der Waals surface area contributed by atoms with Gasteiger partial charge < -0.3 is 5.32 Å². The van der Waals surface area contributed by atoms with Crippen LogP contribution in [0.5, 0.6) is 0 Å². The number of nitrogens with zero attached hydrogens (tertiary/aromatic N) is 4. The molecule has 2 heterocycles. The van der Waals surface area contributed by atoms with Gasteiger partial charge in [-0.05, 0) is 13.0 Å². The van der Waals surface area contributed by atoms with Gasteiger partial charge in [0.1, 0.15) is 0 Å². The zero-order valence-corrected chi connectivity index (χ0v) is 16.1. The van der Waals surface area contributed by atoms with Crippen molar-refractivity contribution in [3.63, 3.8) is 0 Å². The molecule has 0 aliphatic rings. The average Bonchev–Trinajstić information content (AvgIpc) is 3.32. The zero-order chi connectivity index (χ0) is 23.8. The lowest BCUT2D eigenvalue weighted by molar-refractivity contribution is -0.141. The topological polar surface area (TPSA) is 64.7 Å². The number of rotatable bonds is 6. The van der Waals surface area contributed by atoms with Crippen molar-refractivity contribution in [3.8, 4) is 0 Å². The van der Waals surface area contributed by atoms with Crippen molar-refractivity contribution in [1.29, 1.82) is 0 Å². The Labute approximate surface area is 174 Å². The molecule has 0 aliphatic heterocycles. The van der Waals surface area contributed by atoms with E-state index in [0.29, 0.717) is 0 Å². The Morgan fingerprint density at radius 2 is 1.59 bits per heavy atom. The van der Waals surface area contributed by atoms with Gasteiger partial charge in [0, 0.05) is 30.9 Å². The second-order valence-corrected chi connectivity index (χ2v) is 6.64. The predicted molar refractivity (Wildman–Crippen MR) is 92.8 cm³/mol. The molecule has 0 saturated carbocycles. The minimum atomic E-state index is -4.62. The van der Waals surface area contributed by atoms with Gasteiger partial charge in [-0.2, -0.15) is 23.4 Å². The highest BCUT2D eigenvalue weighted by molar-refractivity contribution is 5.89. The van der Waals surface area contributed by atoms with Crippen LogP contribution in [-0.4, -0.2) is 25.5 Å². The lowest BCUT2D eigenvalue weighted by Gasteiger charge is -2.08. The first-order chi connectivity index (χ1) is 14.9. The number of hydrogen-bond acceptors (Lipinski definition) is 3.